The van der Waals surface area contributed by atoms with E-state index < -0.39 is 21.6 Å². The number of anilines is 2. The van der Waals surface area contributed by atoms with Crippen molar-refractivity contribution in [3.05, 3.63) is 24.0 Å². The van der Waals surface area contributed by atoms with E-state index in [2.05, 4.69) is 5.32 Å². The van der Waals surface area contributed by atoms with Crippen molar-refractivity contribution in [1.29, 1.82) is 0 Å². The first-order valence-electron chi connectivity index (χ1n) is 5.91. The first kappa shape index (κ1) is 13.8. The Morgan fingerprint density at radius 1 is 1.47 bits per heavy atom. The van der Waals surface area contributed by atoms with Crippen molar-refractivity contribution >= 4 is 27.1 Å². The standard InChI is InChI=1S/C12H15FN2O3S/c13-10-2-1-9(14)6-11(10)15-12(16)5-8-3-4-19(17,18)7-8/h1-2,6,8H,3-5,7,14H2,(H,15,16). The van der Waals surface area contributed by atoms with E-state index in [1.165, 1.54) is 18.2 Å². The molecular weight excluding hydrogens is 271 g/mol. The number of nitrogens with one attached hydrogen (secondary N) is 1. The number of carbonyl (C=O) groups excluding carboxylic acids is 1. The van der Waals surface area contributed by atoms with Gasteiger partial charge in [0.25, 0.3) is 0 Å². The summed E-state index contributed by atoms with van der Waals surface area (Å²) in [6.45, 7) is 0. The van der Waals surface area contributed by atoms with Crippen LogP contribution in [0.15, 0.2) is 18.2 Å². The number of amides is 1. The fraction of sp³-hybridized carbons (Fsp3) is 0.417. The van der Waals surface area contributed by atoms with E-state index in [1.807, 2.05) is 0 Å². The third-order valence-corrected chi connectivity index (χ3v) is 4.90. The van der Waals surface area contributed by atoms with Gasteiger partial charge in [0, 0.05) is 12.1 Å². The molecule has 3 N–H and O–H groups in total. The zero-order valence-electron chi connectivity index (χ0n) is 10.2. The van der Waals surface area contributed by atoms with Crippen LogP contribution in [0.25, 0.3) is 0 Å². The van der Waals surface area contributed by atoms with Crippen LogP contribution in [0.4, 0.5) is 15.8 Å². The molecule has 5 nitrogen and oxygen atoms in total. The van der Waals surface area contributed by atoms with Crippen LogP contribution in [0.2, 0.25) is 0 Å². The van der Waals surface area contributed by atoms with Crippen LogP contribution in [-0.2, 0) is 14.6 Å². The maximum atomic E-state index is 13.4. The monoisotopic (exact) mass is 286 g/mol. The molecule has 1 aromatic carbocycles. The fourth-order valence-corrected chi connectivity index (χ4v) is 4.00. The van der Waals surface area contributed by atoms with Gasteiger partial charge in [-0.15, -0.1) is 0 Å². The van der Waals surface area contributed by atoms with Crippen molar-refractivity contribution in [2.45, 2.75) is 12.8 Å². The summed E-state index contributed by atoms with van der Waals surface area (Å²) in [5.74, 6) is -1.00. The minimum atomic E-state index is -3.00. The third kappa shape index (κ3) is 3.66. The lowest BCUT2D eigenvalue weighted by Gasteiger charge is -2.10. The zero-order valence-corrected chi connectivity index (χ0v) is 11.0. The van der Waals surface area contributed by atoms with E-state index in [1.54, 1.807) is 0 Å². The molecule has 2 rings (SSSR count). The Morgan fingerprint density at radius 2 is 2.21 bits per heavy atom. The lowest BCUT2D eigenvalue weighted by molar-refractivity contribution is -0.116. The van der Waals surface area contributed by atoms with Crippen LogP contribution >= 0.6 is 0 Å². The van der Waals surface area contributed by atoms with Crippen LogP contribution < -0.4 is 11.1 Å². The second kappa shape index (κ2) is 5.16. The first-order valence-corrected chi connectivity index (χ1v) is 7.73. The molecule has 0 spiro atoms. The molecule has 0 radical (unpaired) electrons. The van der Waals surface area contributed by atoms with E-state index in [9.17, 15) is 17.6 Å². The van der Waals surface area contributed by atoms with Crippen molar-refractivity contribution in [2.24, 2.45) is 5.92 Å². The lowest BCUT2D eigenvalue weighted by Crippen LogP contribution is -2.18. The summed E-state index contributed by atoms with van der Waals surface area (Å²) in [5, 5.41) is 2.42. The maximum absolute atomic E-state index is 13.4. The summed E-state index contributed by atoms with van der Waals surface area (Å²) in [6.07, 6.45) is 0.558. The quantitative estimate of drug-likeness (QED) is 0.816. The van der Waals surface area contributed by atoms with E-state index in [4.69, 9.17) is 5.73 Å². The molecule has 1 aliphatic heterocycles. The molecule has 1 atom stereocenters. The highest BCUT2D eigenvalue weighted by atomic mass is 32.2. The Kier molecular flexibility index (Phi) is 3.75. The number of nitrogens with two attached hydrogens (primary N) is 1. The zero-order chi connectivity index (χ0) is 14.0. The van der Waals surface area contributed by atoms with Gasteiger partial charge in [0.2, 0.25) is 5.91 Å². The van der Waals surface area contributed by atoms with Crippen LogP contribution in [0.3, 0.4) is 0 Å². The Balaban J connectivity index is 1.97. The predicted molar refractivity (Wildman–Crippen MR) is 70.8 cm³/mol. The van der Waals surface area contributed by atoms with Crippen LogP contribution in [-0.4, -0.2) is 25.8 Å². The molecule has 7 heteroatoms. The van der Waals surface area contributed by atoms with Gasteiger partial charge < -0.3 is 11.1 Å². The van der Waals surface area contributed by atoms with Crippen molar-refractivity contribution in [3.63, 3.8) is 0 Å². The highest BCUT2D eigenvalue weighted by Gasteiger charge is 2.29. The molecule has 1 amide bonds. The Bertz CT molecular complexity index is 601. The molecule has 0 aromatic heterocycles. The Morgan fingerprint density at radius 3 is 2.84 bits per heavy atom. The van der Waals surface area contributed by atoms with E-state index in [0.29, 0.717) is 12.1 Å². The number of rotatable bonds is 3. The van der Waals surface area contributed by atoms with Crippen LogP contribution in [0.1, 0.15) is 12.8 Å². The second-order valence-corrected chi connectivity index (χ2v) is 6.99. The predicted octanol–water partition coefficient (Wildman–Crippen LogP) is 1.17. The summed E-state index contributed by atoms with van der Waals surface area (Å²) in [7, 11) is -3.00. The number of nitrogen functional groups attached to an aromatic ring is 1. The maximum Gasteiger partial charge on any atom is 0.224 e. The van der Waals surface area contributed by atoms with Crippen molar-refractivity contribution in [2.75, 3.05) is 22.6 Å². The van der Waals surface area contributed by atoms with E-state index in [-0.39, 0.29) is 29.5 Å². The number of halogens is 1. The average Bonchev–Trinajstić information content (AvgIpc) is 2.63. The SMILES string of the molecule is Nc1ccc(F)c(NC(=O)CC2CCS(=O)(=O)C2)c1. The van der Waals surface area contributed by atoms with Crippen LogP contribution in [0.5, 0.6) is 0 Å². The Labute approximate surface area is 110 Å². The van der Waals surface area contributed by atoms with E-state index in [0.717, 1.165) is 0 Å². The fourth-order valence-electron chi connectivity index (χ4n) is 2.14. The van der Waals surface area contributed by atoms with Gasteiger partial charge in [0.05, 0.1) is 17.2 Å². The van der Waals surface area contributed by atoms with Gasteiger partial charge in [0.15, 0.2) is 9.84 Å². The summed E-state index contributed by atoms with van der Waals surface area (Å²) >= 11 is 0. The van der Waals surface area contributed by atoms with Gasteiger partial charge in [0.1, 0.15) is 5.82 Å². The molecule has 1 fully saturated rings. The van der Waals surface area contributed by atoms with Gasteiger partial charge in [-0.3, -0.25) is 4.79 Å². The number of benzene rings is 1. The topological polar surface area (TPSA) is 89.3 Å². The summed E-state index contributed by atoms with van der Waals surface area (Å²) in [5.41, 5.74) is 5.87. The highest BCUT2D eigenvalue weighted by molar-refractivity contribution is 7.91. The molecule has 1 heterocycles. The molecule has 1 saturated heterocycles. The smallest absolute Gasteiger partial charge is 0.224 e. The summed E-state index contributed by atoms with van der Waals surface area (Å²) in [4.78, 5) is 11.7. The number of carbonyl (C=O) groups is 1. The largest absolute Gasteiger partial charge is 0.399 e. The Hall–Kier alpha value is -1.63. The summed E-state index contributed by atoms with van der Waals surface area (Å²) in [6, 6.07) is 3.90. The number of hydrogen-bond acceptors (Lipinski definition) is 4. The van der Waals surface area contributed by atoms with Crippen molar-refractivity contribution < 1.29 is 17.6 Å². The van der Waals surface area contributed by atoms with E-state index >= 15 is 0 Å². The lowest BCUT2D eigenvalue weighted by atomic mass is 10.0. The normalized spacial score (nSPS) is 21.2. The van der Waals surface area contributed by atoms with Gasteiger partial charge in [-0.05, 0) is 30.5 Å². The molecule has 0 aliphatic carbocycles. The molecule has 0 bridgehead atoms. The molecule has 104 valence electrons. The minimum Gasteiger partial charge on any atom is -0.399 e. The minimum absolute atomic E-state index is 0.0193. The molecule has 1 aliphatic rings. The molecular formula is C12H15FN2O3S. The summed E-state index contributed by atoms with van der Waals surface area (Å²) < 4.78 is 35.9. The van der Waals surface area contributed by atoms with Gasteiger partial charge >= 0.3 is 0 Å². The molecule has 1 unspecified atom stereocenters. The first-order chi connectivity index (χ1) is 8.85. The highest BCUT2D eigenvalue weighted by Crippen LogP contribution is 2.23. The van der Waals surface area contributed by atoms with Crippen molar-refractivity contribution in [3.8, 4) is 0 Å². The molecule has 1 aromatic rings. The number of hydrogen-bond donors (Lipinski definition) is 2. The van der Waals surface area contributed by atoms with Crippen molar-refractivity contribution in [1.82, 2.24) is 0 Å². The van der Waals surface area contributed by atoms with Gasteiger partial charge in [-0.25, -0.2) is 12.8 Å². The van der Waals surface area contributed by atoms with Gasteiger partial charge in [-0.2, -0.15) is 0 Å². The second-order valence-electron chi connectivity index (χ2n) is 4.76. The van der Waals surface area contributed by atoms with Gasteiger partial charge in [-0.1, -0.05) is 0 Å². The average molecular weight is 286 g/mol. The third-order valence-electron chi connectivity index (χ3n) is 3.07. The molecule has 19 heavy (non-hydrogen) atoms. The number of sulfone groups is 1. The van der Waals surface area contributed by atoms with Crippen LogP contribution in [0, 0.1) is 11.7 Å². The molecule has 0 saturated carbocycles.